The second-order valence-corrected chi connectivity index (χ2v) is 6.09. The summed E-state index contributed by atoms with van der Waals surface area (Å²) in [6.45, 7) is -0.952. The third-order valence-corrected chi connectivity index (χ3v) is 4.34. The number of ether oxygens (including phenoxy) is 1. The highest BCUT2D eigenvalue weighted by Crippen LogP contribution is 2.49. The second-order valence-electron chi connectivity index (χ2n) is 4.52. The Bertz CT molecular complexity index is 666. The minimum Gasteiger partial charge on any atom is -0.464 e. The highest BCUT2D eigenvalue weighted by atomic mass is 32.2. The number of hydrogen-bond acceptors (Lipinski definition) is 4. The van der Waals surface area contributed by atoms with E-state index in [0.29, 0.717) is 5.56 Å². The first kappa shape index (κ1) is 20.2. The lowest BCUT2D eigenvalue weighted by molar-refractivity contribution is -0.268. The van der Waals surface area contributed by atoms with Gasteiger partial charge in [0.1, 0.15) is 0 Å². The van der Waals surface area contributed by atoms with Gasteiger partial charge in [-0.2, -0.15) is 34.8 Å². The van der Waals surface area contributed by atoms with Crippen molar-refractivity contribution in [1.29, 1.82) is 0 Å². The molecule has 1 rings (SSSR count). The van der Waals surface area contributed by atoms with Crippen LogP contribution in [0.1, 0.15) is 5.56 Å². The standard InChI is InChI=1S/C12H10F6O5S/c13-11(14,15)10(12(16,17)18,24(20,21)22)9(19)23-7-6-8-4-2-1-3-5-8/h1-5H,6-7H2,(H,20,21,22). The maximum absolute atomic E-state index is 12.8. The van der Waals surface area contributed by atoms with Crippen LogP contribution in [0.25, 0.3) is 0 Å². The molecule has 1 aromatic rings. The van der Waals surface area contributed by atoms with Gasteiger partial charge in [0.15, 0.2) is 0 Å². The first-order valence-corrected chi connectivity index (χ1v) is 7.51. The van der Waals surface area contributed by atoms with E-state index in [1.165, 1.54) is 24.3 Å². The van der Waals surface area contributed by atoms with Crippen LogP contribution in [0, 0.1) is 0 Å². The number of carbonyl (C=O) groups is 1. The highest BCUT2D eigenvalue weighted by molar-refractivity contribution is 7.88. The first-order valence-electron chi connectivity index (χ1n) is 6.07. The van der Waals surface area contributed by atoms with Crippen molar-refractivity contribution in [1.82, 2.24) is 0 Å². The van der Waals surface area contributed by atoms with E-state index >= 15 is 0 Å². The fraction of sp³-hybridized carbons (Fsp3) is 0.417. The zero-order valence-electron chi connectivity index (χ0n) is 11.6. The monoisotopic (exact) mass is 380 g/mol. The Morgan fingerprint density at radius 1 is 1.00 bits per heavy atom. The fourth-order valence-corrected chi connectivity index (χ4v) is 2.65. The van der Waals surface area contributed by atoms with Gasteiger partial charge in [-0.05, 0) is 5.56 Å². The van der Waals surface area contributed by atoms with Crippen LogP contribution in [0.4, 0.5) is 26.3 Å². The molecule has 0 fully saturated rings. The van der Waals surface area contributed by atoms with Crippen molar-refractivity contribution in [3.63, 3.8) is 0 Å². The van der Waals surface area contributed by atoms with Crippen molar-refractivity contribution < 1.29 is 48.8 Å². The summed E-state index contributed by atoms with van der Waals surface area (Å²) in [4.78, 5) is 11.4. The molecule has 0 bridgehead atoms. The minimum absolute atomic E-state index is 0.260. The summed E-state index contributed by atoms with van der Waals surface area (Å²) in [5.41, 5.74) is 0.418. The van der Waals surface area contributed by atoms with Crippen LogP contribution < -0.4 is 0 Å². The molecule has 5 nitrogen and oxygen atoms in total. The summed E-state index contributed by atoms with van der Waals surface area (Å²) in [6, 6.07) is 7.54. The predicted molar refractivity (Wildman–Crippen MR) is 67.5 cm³/mol. The van der Waals surface area contributed by atoms with E-state index in [0.717, 1.165) is 0 Å². The average Bonchev–Trinajstić information content (AvgIpc) is 2.35. The van der Waals surface area contributed by atoms with E-state index in [-0.39, 0.29) is 6.42 Å². The highest BCUT2D eigenvalue weighted by Gasteiger charge is 2.84. The van der Waals surface area contributed by atoms with Gasteiger partial charge in [-0.1, -0.05) is 30.3 Å². The number of esters is 1. The normalized spacial score (nSPS) is 13.6. The van der Waals surface area contributed by atoms with E-state index in [1.807, 2.05) is 0 Å². The van der Waals surface area contributed by atoms with Crippen molar-refractivity contribution in [2.75, 3.05) is 6.61 Å². The Labute approximate surface area is 132 Å². The maximum Gasteiger partial charge on any atom is 0.430 e. The van der Waals surface area contributed by atoms with Gasteiger partial charge in [-0.3, -0.25) is 4.55 Å². The molecule has 24 heavy (non-hydrogen) atoms. The summed E-state index contributed by atoms with van der Waals surface area (Å²) >= 11 is 0. The van der Waals surface area contributed by atoms with Gasteiger partial charge < -0.3 is 4.74 Å². The van der Waals surface area contributed by atoms with Crippen LogP contribution in [0.3, 0.4) is 0 Å². The lowest BCUT2D eigenvalue weighted by atomic mass is 10.1. The zero-order chi connectivity index (χ0) is 18.8. The van der Waals surface area contributed by atoms with Crippen LogP contribution in [0.15, 0.2) is 30.3 Å². The third-order valence-electron chi connectivity index (χ3n) is 2.94. The third kappa shape index (κ3) is 3.64. The van der Waals surface area contributed by atoms with E-state index < -0.39 is 39.8 Å². The van der Waals surface area contributed by atoms with Gasteiger partial charge in [-0.15, -0.1) is 0 Å². The van der Waals surface area contributed by atoms with Crippen LogP contribution in [0.5, 0.6) is 0 Å². The zero-order valence-corrected chi connectivity index (χ0v) is 12.4. The molecule has 0 saturated heterocycles. The summed E-state index contributed by atoms with van der Waals surface area (Å²) in [5.74, 6) is -3.17. The molecular formula is C12H10F6O5S. The molecule has 0 aliphatic carbocycles. The van der Waals surface area contributed by atoms with Crippen LogP contribution in [-0.4, -0.2) is 42.6 Å². The van der Waals surface area contributed by atoms with Crippen molar-refractivity contribution >= 4 is 16.1 Å². The molecule has 12 heteroatoms. The van der Waals surface area contributed by atoms with Gasteiger partial charge in [0.25, 0.3) is 0 Å². The van der Waals surface area contributed by atoms with Crippen molar-refractivity contribution in [2.24, 2.45) is 0 Å². The molecule has 0 spiro atoms. The van der Waals surface area contributed by atoms with Crippen molar-refractivity contribution in [2.45, 2.75) is 23.5 Å². The molecular weight excluding hydrogens is 370 g/mol. The molecule has 0 heterocycles. The number of rotatable bonds is 5. The number of halogens is 6. The molecule has 0 unspecified atom stereocenters. The maximum atomic E-state index is 12.8. The molecule has 0 aliphatic heterocycles. The number of benzene rings is 1. The van der Waals surface area contributed by atoms with Gasteiger partial charge in [-0.25, -0.2) is 4.79 Å². The van der Waals surface area contributed by atoms with Crippen LogP contribution in [-0.2, 0) is 26.1 Å². The minimum atomic E-state index is -6.96. The van der Waals surface area contributed by atoms with Gasteiger partial charge in [0.2, 0.25) is 0 Å². The average molecular weight is 380 g/mol. The fourth-order valence-electron chi connectivity index (χ4n) is 1.80. The van der Waals surface area contributed by atoms with E-state index in [9.17, 15) is 39.6 Å². The molecule has 0 atom stereocenters. The lowest BCUT2D eigenvalue weighted by Crippen LogP contribution is -2.67. The second kappa shape index (κ2) is 6.59. The Hall–Kier alpha value is -1.82. The quantitative estimate of drug-likeness (QED) is 0.482. The molecule has 1 aromatic carbocycles. The van der Waals surface area contributed by atoms with Gasteiger partial charge in [0.05, 0.1) is 6.61 Å². The summed E-state index contributed by atoms with van der Waals surface area (Å²) in [5, 5.41) is 0. The summed E-state index contributed by atoms with van der Waals surface area (Å²) < 4.78 is 105. The van der Waals surface area contributed by atoms with E-state index in [2.05, 4.69) is 4.74 Å². The Kier molecular flexibility index (Phi) is 5.55. The lowest BCUT2D eigenvalue weighted by Gasteiger charge is -2.31. The molecule has 1 N–H and O–H groups in total. The van der Waals surface area contributed by atoms with Crippen molar-refractivity contribution in [3.8, 4) is 0 Å². The predicted octanol–water partition coefficient (Wildman–Crippen LogP) is 2.52. The number of alkyl halides is 6. The van der Waals surface area contributed by atoms with E-state index in [1.54, 1.807) is 6.07 Å². The molecule has 0 radical (unpaired) electrons. The van der Waals surface area contributed by atoms with Crippen LogP contribution in [0.2, 0.25) is 0 Å². The van der Waals surface area contributed by atoms with E-state index in [4.69, 9.17) is 4.55 Å². The first-order chi connectivity index (χ1) is 10.7. The smallest absolute Gasteiger partial charge is 0.430 e. The molecule has 0 aromatic heterocycles. The molecule has 0 amide bonds. The SMILES string of the molecule is O=C(OCCc1ccccc1)C(C(F)(F)F)(C(F)(F)F)S(=O)(=O)O. The number of hydrogen-bond donors (Lipinski definition) is 1. The molecule has 136 valence electrons. The number of carbonyl (C=O) groups excluding carboxylic acids is 1. The Morgan fingerprint density at radius 2 is 1.46 bits per heavy atom. The summed E-state index contributed by atoms with van der Waals surface area (Å²) in [6.07, 6.45) is -13.6. The van der Waals surface area contributed by atoms with Crippen LogP contribution >= 0.6 is 0 Å². The molecule has 0 saturated carbocycles. The Morgan fingerprint density at radius 3 is 1.83 bits per heavy atom. The largest absolute Gasteiger partial charge is 0.464 e. The summed E-state index contributed by atoms with van der Waals surface area (Å²) in [7, 11) is -6.96. The van der Waals surface area contributed by atoms with Crippen molar-refractivity contribution in [3.05, 3.63) is 35.9 Å². The van der Waals surface area contributed by atoms with Gasteiger partial charge in [0, 0.05) is 6.42 Å². The molecule has 0 aliphatic rings. The Balaban J connectivity index is 3.14. The van der Waals surface area contributed by atoms with Gasteiger partial charge >= 0.3 is 33.2 Å². The topological polar surface area (TPSA) is 80.7 Å².